The lowest BCUT2D eigenvalue weighted by molar-refractivity contribution is -0.165. The highest BCUT2D eigenvalue weighted by Crippen LogP contribution is 2.41. The van der Waals surface area contributed by atoms with Crippen molar-refractivity contribution in [2.24, 2.45) is 5.41 Å². The number of amides is 2. The van der Waals surface area contributed by atoms with Gasteiger partial charge in [-0.1, -0.05) is 0 Å². The van der Waals surface area contributed by atoms with Gasteiger partial charge in [-0.2, -0.15) is 0 Å². The Bertz CT molecular complexity index is 553. The monoisotopic (exact) mass is 303 g/mol. The average Bonchev–Trinajstić information content (AvgIpc) is 2.59. The number of nitrogens with zero attached hydrogens (tertiary/aromatic N) is 3. The molecule has 22 heavy (non-hydrogen) atoms. The Labute approximate surface area is 130 Å². The number of methoxy groups -OCH3 is 1. The van der Waals surface area contributed by atoms with Crippen molar-refractivity contribution in [2.45, 2.75) is 12.8 Å². The fourth-order valence-corrected chi connectivity index (χ4v) is 3.32. The normalized spacial score (nSPS) is 20.1. The number of aromatic nitrogens is 1. The van der Waals surface area contributed by atoms with Gasteiger partial charge in [0.15, 0.2) is 0 Å². The fraction of sp³-hybridized carbons (Fsp3) is 0.562. The molecule has 0 aromatic carbocycles. The van der Waals surface area contributed by atoms with Crippen LogP contribution in [0.2, 0.25) is 0 Å². The van der Waals surface area contributed by atoms with Crippen LogP contribution >= 0.6 is 0 Å². The van der Waals surface area contributed by atoms with E-state index in [1.165, 1.54) is 0 Å². The first-order valence-corrected chi connectivity index (χ1v) is 7.64. The van der Waals surface area contributed by atoms with E-state index < -0.39 is 0 Å². The number of pyridine rings is 1. The predicted molar refractivity (Wildman–Crippen MR) is 80.3 cm³/mol. The van der Waals surface area contributed by atoms with E-state index in [1.807, 2.05) is 9.80 Å². The number of likely N-dealkylation sites (tertiary alicyclic amines) is 2. The van der Waals surface area contributed by atoms with Crippen LogP contribution in [0.4, 0.5) is 0 Å². The zero-order valence-corrected chi connectivity index (χ0v) is 12.8. The van der Waals surface area contributed by atoms with Gasteiger partial charge in [-0.15, -0.1) is 0 Å². The molecule has 1 aromatic rings. The second kappa shape index (κ2) is 6.04. The summed E-state index contributed by atoms with van der Waals surface area (Å²) in [6.45, 7) is 3.33. The van der Waals surface area contributed by atoms with E-state index in [0.717, 1.165) is 19.4 Å². The molecule has 0 aliphatic carbocycles. The highest BCUT2D eigenvalue weighted by molar-refractivity contribution is 5.94. The Kier molecular flexibility index (Phi) is 4.11. The van der Waals surface area contributed by atoms with Crippen LogP contribution in [0.25, 0.3) is 0 Å². The van der Waals surface area contributed by atoms with Crippen LogP contribution in [0.15, 0.2) is 24.5 Å². The topological polar surface area (TPSA) is 62.7 Å². The van der Waals surface area contributed by atoms with Gasteiger partial charge in [0, 0.05) is 51.2 Å². The third kappa shape index (κ3) is 2.59. The van der Waals surface area contributed by atoms with Crippen LogP contribution in [0, 0.1) is 5.41 Å². The molecule has 0 N–H and O–H groups in total. The van der Waals surface area contributed by atoms with E-state index in [0.29, 0.717) is 31.8 Å². The van der Waals surface area contributed by atoms with Gasteiger partial charge in [0.05, 0.1) is 12.0 Å². The zero-order chi connectivity index (χ0) is 15.6. The molecular formula is C16H21N3O3. The van der Waals surface area contributed by atoms with Crippen molar-refractivity contribution in [1.82, 2.24) is 14.8 Å². The lowest BCUT2D eigenvalue weighted by atomic mass is 9.71. The number of β-lactam (4-membered cyclic amide) rings is 1. The molecule has 2 amide bonds. The quantitative estimate of drug-likeness (QED) is 0.772. The number of ether oxygens (including phenoxy) is 1. The lowest BCUT2D eigenvalue weighted by Gasteiger charge is -2.52. The molecule has 6 nitrogen and oxygen atoms in total. The second-order valence-corrected chi connectivity index (χ2v) is 6.03. The maximum Gasteiger partial charge on any atom is 0.253 e. The molecule has 118 valence electrons. The van der Waals surface area contributed by atoms with Crippen molar-refractivity contribution in [2.75, 3.05) is 39.9 Å². The molecule has 0 atom stereocenters. The van der Waals surface area contributed by atoms with E-state index in [1.54, 1.807) is 31.6 Å². The number of hydrogen-bond acceptors (Lipinski definition) is 4. The minimum absolute atomic E-state index is 0.0280. The molecule has 0 saturated carbocycles. The van der Waals surface area contributed by atoms with Gasteiger partial charge in [-0.05, 0) is 25.0 Å². The standard InChI is InChI=1S/C16H21N3O3/c1-22-11-10-19-12-16(15(19)21)4-8-18(9-5-16)14(20)13-2-6-17-7-3-13/h2-3,6-7H,4-5,8-12H2,1H3. The maximum atomic E-state index is 12.4. The molecule has 3 rings (SSSR count). The van der Waals surface area contributed by atoms with Crippen molar-refractivity contribution >= 4 is 11.8 Å². The molecule has 0 bridgehead atoms. The minimum atomic E-state index is -0.233. The molecule has 0 unspecified atom stereocenters. The summed E-state index contributed by atoms with van der Waals surface area (Å²) in [6.07, 6.45) is 4.77. The second-order valence-electron chi connectivity index (χ2n) is 6.03. The van der Waals surface area contributed by atoms with Crippen molar-refractivity contribution in [3.8, 4) is 0 Å². The molecular weight excluding hydrogens is 282 g/mol. The first-order valence-electron chi connectivity index (χ1n) is 7.64. The van der Waals surface area contributed by atoms with Crippen LogP contribution in [0.1, 0.15) is 23.2 Å². The highest BCUT2D eigenvalue weighted by atomic mass is 16.5. The van der Waals surface area contributed by atoms with Gasteiger partial charge in [-0.25, -0.2) is 0 Å². The summed E-state index contributed by atoms with van der Waals surface area (Å²) < 4.78 is 5.02. The van der Waals surface area contributed by atoms with Gasteiger partial charge in [0.2, 0.25) is 5.91 Å². The number of piperidine rings is 1. The summed E-state index contributed by atoms with van der Waals surface area (Å²) in [5.41, 5.74) is 0.426. The Morgan fingerprint density at radius 3 is 2.59 bits per heavy atom. The molecule has 3 heterocycles. The van der Waals surface area contributed by atoms with Crippen LogP contribution in [0.3, 0.4) is 0 Å². The lowest BCUT2D eigenvalue weighted by Crippen LogP contribution is -2.65. The third-order valence-corrected chi connectivity index (χ3v) is 4.73. The highest BCUT2D eigenvalue weighted by Gasteiger charge is 2.53. The van der Waals surface area contributed by atoms with Gasteiger partial charge in [0.1, 0.15) is 0 Å². The molecule has 2 aliphatic rings. The first-order chi connectivity index (χ1) is 10.7. The number of rotatable bonds is 4. The Morgan fingerprint density at radius 2 is 2.00 bits per heavy atom. The Morgan fingerprint density at radius 1 is 1.32 bits per heavy atom. The Hall–Kier alpha value is -1.95. The molecule has 2 aliphatic heterocycles. The molecule has 2 fully saturated rings. The number of carbonyl (C=O) groups excluding carboxylic acids is 2. The summed E-state index contributed by atoms with van der Waals surface area (Å²) in [7, 11) is 1.64. The van der Waals surface area contributed by atoms with E-state index in [9.17, 15) is 9.59 Å². The third-order valence-electron chi connectivity index (χ3n) is 4.73. The zero-order valence-electron chi connectivity index (χ0n) is 12.8. The summed E-state index contributed by atoms with van der Waals surface area (Å²) in [5, 5.41) is 0. The predicted octanol–water partition coefficient (Wildman–Crippen LogP) is 0.793. The number of carbonyl (C=O) groups is 2. The van der Waals surface area contributed by atoms with Crippen molar-refractivity contribution in [1.29, 1.82) is 0 Å². The van der Waals surface area contributed by atoms with E-state index in [2.05, 4.69) is 4.98 Å². The van der Waals surface area contributed by atoms with E-state index in [4.69, 9.17) is 4.74 Å². The number of hydrogen-bond donors (Lipinski definition) is 0. The van der Waals surface area contributed by atoms with E-state index in [-0.39, 0.29) is 17.2 Å². The Balaban J connectivity index is 1.55. The van der Waals surface area contributed by atoms with Gasteiger partial charge >= 0.3 is 0 Å². The molecule has 1 aromatic heterocycles. The van der Waals surface area contributed by atoms with Crippen LogP contribution < -0.4 is 0 Å². The smallest absolute Gasteiger partial charge is 0.253 e. The summed E-state index contributed by atoms with van der Waals surface area (Å²) in [6, 6.07) is 3.46. The van der Waals surface area contributed by atoms with Crippen molar-refractivity contribution in [3.63, 3.8) is 0 Å². The van der Waals surface area contributed by atoms with Crippen LogP contribution in [0.5, 0.6) is 0 Å². The van der Waals surface area contributed by atoms with Gasteiger partial charge < -0.3 is 14.5 Å². The van der Waals surface area contributed by atoms with Crippen LogP contribution in [-0.4, -0.2) is 66.5 Å². The molecule has 6 heteroatoms. The van der Waals surface area contributed by atoms with Crippen LogP contribution in [-0.2, 0) is 9.53 Å². The largest absolute Gasteiger partial charge is 0.383 e. The average molecular weight is 303 g/mol. The SMILES string of the molecule is COCCN1CC2(CCN(C(=O)c3ccncc3)CC2)C1=O. The first kappa shape index (κ1) is 15.0. The van der Waals surface area contributed by atoms with Gasteiger partial charge in [-0.3, -0.25) is 14.6 Å². The van der Waals surface area contributed by atoms with Gasteiger partial charge in [0.25, 0.3) is 5.91 Å². The summed E-state index contributed by atoms with van der Waals surface area (Å²) in [4.78, 5) is 32.4. The maximum absolute atomic E-state index is 12.4. The van der Waals surface area contributed by atoms with E-state index >= 15 is 0 Å². The molecule has 1 spiro atoms. The summed E-state index contributed by atoms with van der Waals surface area (Å²) in [5.74, 6) is 0.251. The molecule has 2 saturated heterocycles. The fourth-order valence-electron chi connectivity index (χ4n) is 3.32. The summed E-state index contributed by atoms with van der Waals surface area (Å²) >= 11 is 0. The van der Waals surface area contributed by atoms with Crippen molar-refractivity contribution in [3.05, 3.63) is 30.1 Å². The molecule has 0 radical (unpaired) electrons. The minimum Gasteiger partial charge on any atom is -0.383 e. The van der Waals surface area contributed by atoms with Crippen molar-refractivity contribution < 1.29 is 14.3 Å².